The lowest BCUT2D eigenvalue weighted by molar-refractivity contribution is 0.0479. The summed E-state index contributed by atoms with van der Waals surface area (Å²) in [4.78, 5) is 5.17. The molecule has 4 rings (SSSR count). The molecule has 32 heavy (non-hydrogen) atoms. The first-order chi connectivity index (χ1) is 15.5. The molecule has 0 aliphatic carbocycles. The van der Waals surface area contributed by atoms with Crippen molar-refractivity contribution in [1.29, 1.82) is 0 Å². The van der Waals surface area contributed by atoms with Crippen LogP contribution in [0.25, 0.3) is 0 Å². The zero-order valence-corrected chi connectivity index (χ0v) is 20.7. The van der Waals surface area contributed by atoms with Crippen LogP contribution < -0.4 is 4.74 Å². The van der Waals surface area contributed by atoms with Crippen molar-refractivity contribution in [3.8, 4) is 5.75 Å². The molecule has 0 spiro atoms. The highest BCUT2D eigenvalue weighted by Crippen LogP contribution is 2.38. The second-order valence-electron chi connectivity index (χ2n) is 9.34. The molecule has 2 saturated heterocycles. The molecule has 2 fully saturated rings. The molecule has 5 heteroatoms. The van der Waals surface area contributed by atoms with Crippen molar-refractivity contribution in [3.05, 3.63) is 64.2 Å². The van der Waals surface area contributed by atoms with Gasteiger partial charge in [0.2, 0.25) is 0 Å². The number of piperidine rings is 1. The summed E-state index contributed by atoms with van der Waals surface area (Å²) in [7, 11) is 1.77. The van der Waals surface area contributed by atoms with Gasteiger partial charge in [-0.25, -0.2) is 0 Å². The lowest BCUT2D eigenvalue weighted by Crippen LogP contribution is -2.47. The molecule has 2 unspecified atom stereocenters. The minimum absolute atomic E-state index is 0.316. The fourth-order valence-electron chi connectivity index (χ4n) is 5.60. The van der Waals surface area contributed by atoms with E-state index in [1.54, 1.807) is 7.11 Å². The summed E-state index contributed by atoms with van der Waals surface area (Å²) in [6.07, 6.45) is 11.8. The first-order valence-electron chi connectivity index (χ1n) is 12.0. The maximum atomic E-state index is 6.30. The Morgan fingerprint density at radius 3 is 2.44 bits per heavy atom. The average molecular weight is 457 g/mol. The molecular weight excluding hydrogens is 420 g/mol. The van der Waals surface area contributed by atoms with E-state index in [1.807, 2.05) is 24.3 Å². The molecule has 2 atom stereocenters. The summed E-state index contributed by atoms with van der Waals surface area (Å²) in [5.74, 6) is 1.96. The lowest BCUT2D eigenvalue weighted by atomic mass is 9.97. The van der Waals surface area contributed by atoms with Crippen LogP contribution in [0.1, 0.15) is 59.3 Å². The van der Waals surface area contributed by atoms with Crippen molar-refractivity contribution >= 4 is 11.6 Å². The van der Waals surface area contributed by atoms with Crippen LogP contribution in [0.5, 0.6) is 5.75 Å². The normalized spacial score (nSPS) is 28.7. The van der Waals surface area contributed by atoms with Gasteiger partial charge in [0.1, 0.15) is 17.6 Å². The Labute approximate surface area is 198 Å². The molecule has 1 aromatic rings. The van der Waals surface area contributed by atoms with E-state index < -0.39 is 0 Å². The fourth-order valence-corrected chi connectivity index (χ4v) is 5.73. The molecule has 3 aliphatic rings. The van der Waals surface area contributed by atoms with E-state index in [9.17, 15) is 0 Å². The van der Waals surface area contributed by atoms with Gasteiger partial charge in [-0.1, -0.05) is 17.7 Å². The number of hydrogen-bond acceptors (Lipinski definition) is 4. The molecule has 174 valence electrons. The van der Waals surface area contributed by atoms with Crippen LogP contribution in [-0.4, -0.2) is 48.2 Å². The molecule has 1 aromatic carbocycles. The van der Waals surface area contributed by atoms with Crippen LogP contribution in [0.4, 0.5) is 0 Å². The third kappa shape index (κ3) is 5.18. The number of fused-ring (bicyclic) bond motifs is 2. The molecule has 0 amide bonds. The number of allylic oxidation sites excluding steroid dienone is 4. The molecule has 0 aromatic heterocycles. The third-order valence-corrected chi connectivity index (χ3v) is 7.65. The van der Waals surface area contributed by atoms with Gasteiger partial charge in [0.15, 0.2) is 0 Å². The average Bonchev–Trinajstić information content (AvgIpc) is 3.03. The van der Waals surface area contributed by atoms with Crippen LogP contribution >= 0.6 is 11.6 Å². The highest BCUT2D eigenvalue weighted by Gasteiger charge is 2.41. The second-order valence-corrected chi connectivity index (χ2v) is 9.78. The first kappa shape index (κ1) is 23.3. The van der Waals surface area contributed by atoms with Crippen molar-refractivity contribution in [2.75, 3.05) is 20.2 Å². The Morgan fingerprint density at radius 1 is 1.12 bits per heavy atom. The number of halogens is 1. The third-order valence-electron chi connectivity index (χ3n) is 7.39. The van der Waals surface area contributed by atoms with Crippen LogP contribution in [0.3, 0.4) is 0 Å². The largest absolute Gasteiger partial charge is 0.500 e. The molecule has 4 nitrogen and oxygen atoms in total. The number of benzene rings is 1. The first-order valence-corrected chi connectivity index (χ1v) is 12.4. The van der Waals surface area contributed by atoms with Gasteiger partial charge >= 0.3 is 0 Å². The predicted octanol–water partition coefficient (Wildman–Crippen LogP) is 6.54. The van der Waals surface area contributed by atoms with Gasteiger partial charge in [0.05, 0.1) is 12.8 Å². The van der Waals surface area contributed by atoms with Gasteiger partial charge in [-0.3, -0.25) is 4.90 Å². The Bertz CT molecular complexity index is 875. The maximum Gasteiger partial charge on any atom is 0.119 e. The minimum Gasteiger partial charge on any atom is -0.500 e. The van der Waals surface area contributed by atoms with Crippen LogP contribution in [0.2, 0.25) is 5.02 Å². The lowest BCUT2D eigenvalue weighted by Gasteiger charge is -2.39. The summed E-state index contributed by atoms with van der Waals surface area (Å²) in [5.41, 5.74) is 4.05. The topological polar surface area (TPSA) is 24.9 Å². The van der Waals surface area contributed by atoms with E-state index in [0.717, 1.165) is 55.3 Å². The van der Waals surface area contributed by atoms with Crippen LogP contribution in [0, 0.1) is 0 Å². The zero-order chi connectivity index (χ0) is 22.7. The van der Waals surface area contributed by atoms with Gasteiger partial charge < -0.3 is 14.4 Å². The summed E-state index contributed by atoms with van der Waals surface area (Å²) in [5, 5.41) is 0.756. The second kappa shape index (κ2) is 10.4. The Hall–Kier alpha value is -1.91. The van der Waals surface area contributed by atoms with Gasteiger partial charge in [-0.15, -0.1) is 0 Å². The monoisotopic (exact) mass is 456 g/mol. The van der Waals surface area contributed by atoms with Crippen LogP contribution in [0.15, 0.2) is 59.1 Å². The van der Waals surface area contributed by atoms with Crippen molar-refractivity contribution in [2.24, 2.45) is 0 Å². The van der Waals surface area contributed by atoms with Gasteiger partial charge in [-0.05, 0) is 88.3 Å². The van der Waals surface area contributed by atoms with E-state index >= 15 is 0 Å². The molecule has 3 heterocycles. The molecule has 0 saturated carbocycles. The Balaban J connectivity index is 1.33. The van der Waals surface area contributed by atoms with Crippen molar-refractivity contribution in [3.63, 3.8) is 0 Å². The molecule has 2 bridgehead atoms. The summed E-state index contributed by atoms with van der Waals surface area (Å²) < 4.78 is 11.9. The molecular formula is C27H37ClN2O2. The van der Waals surface area contributed by atoms with Crippen molar-refractivity contribution in [1.82, 2.24) is 9.80 Å². The van der Waals surface area contributed by atoms with E-state index in [2.05, 4.69) is 42.8 Å². The SMILES string of the molecule is C/C=C1\C/C(=C(\C)OC)N(CCCN2C3CCC2CC(Oc2ccc(Cl)cc2)C3)C=C1C. The fraction of sp³-hybridized carbons (Fsp3) is 0.556. The number of hydrogen-bond donors (Lipinski definition) is 0. The number of nitrogens with zero attached hydrogens (tertiary/aromatic N) is 2. The number of methoxy groups -OCH3 is 1. The van der Waals surface area contributed by atoms with Gasteiger partial charge in [-0.2, -0.15) is 0 Å². The standard InChI is InChI=1S/C27H37ClN2O2/c1-5-21-15-27(20(3)31-4)29(18-19(21)2)13-6-14-30-23-9-10-24(30)17-26(16-23)32-25-11-7-22(28)8-12-25/h5,7-8,11-12,18,23-24,26H,6,9-10,13-17H2,1-4H3/b21-5+,27-20-. The van der Waals surface area contributed by atoms with E-state index in [0.29, 0.717) is 18.2 Å². The molecule has 0 N–H and O–H groups in total. The summed E-state index contributed by atoms with van der Waals surface area (Å²) in [6, 6.07) is 9.08. The van der Waals surface area contributed by atoms with Crippen molar-refractivity contribution in [2.45, 2.75) is 77.5 Å². The summed E-state index contributed by atoms with van der Waals surface area (Å²) >= 11 is 6.01. The molecule has 0 radical (unpaired) electrons. The predicted molar refractivity (Wildman–Crippen MR) is 132 cm³/mol. The number of ether oxygens (including phenoxy) is 2. The van der Waals surface area contributed by atoms with Gasteiger partial charge in [0.25, 0.3) is 0 Å². The Morgan fingerprint density at radius 2 is 1.81 bits per heavy atom. The van der Waals surface area contributed by atoms with E-state index in [4.69, 9.17) is 21.1 Å². The zero-order valence-electron chi connectivity index (χ0n) is 19.9. The quantitative estimate of drug-likeness (QED) is 0.435. The van der Waals surface area contributed by atoms with E-state index in [-0.39, 0.29) is 0 Å². The highest BCUT2D eigenvalue weighted by atomic mass is 35.5. The van der Waals surface area contributed by atoms with Crippen LogP contribution in [-0.2, 0) is 4.74 Å². The smallest absolute Gasteiger partial charge is 0.119 e. The van der Waals surface area contributed by atoms with E-state index in [1.165, 1.54) is 29.7 Å². The number of rotatable bonds is 7. The molecule has 3 aliphatic heterocycles. The highest BCUT2D eigenvalue weighted by molar-refractivity contribution is 6.30. The summed E-state index contributed by atoms with van der Waals surface area (Å²) in [6.45, 7) is 8.61. The van der Waals surface area contributed by atoms with Crippen molar-refractivity contribution < 1.29 is 9.47 Å². The van der Waals surface area contributed by atoms with Gasteiger partial charge in [0, 0.05) is 42.8 Å². The Kier molecular flexibility index (Phi) is 7.52. The maximum absolute atomic E-state index is 6.30. The minimum atomic E-state index is 0.316.